The summed E-state index contributed by atoms with van der Waals surface area (Å²) in [4.78, 5) is 30.3. The zero-order chi connectivity index (χ0) is 22.8. The van der Waals surface area contributed by atoms with Crippen LogP contribution in [0.25, 0.3) is 0 Å². The number of nitrogens with one attached hydrogen (secondary N) is 1. The first-order chi connectivity index (χ1) is 16.0. The zero-order valence-corrected chi connectivity index (χ0v) is 18.0. The topological polar surface area (TPSA) is 82.4 Å². The smallest absolute Gasteiger partial charge is 0.250 e. The molecule has 1 N–H and O–H groups in total. The summed E-state index contributed by atoms with van der Waals surface area (Å²) in [5, 5.41) is 12.3. The molecule has 6 heteroatoms. The van der Waals surface area contributed by atoms with E-state index in [0.717, 1.165) is 16.8 Å². The van der Waals surface area contributed by atoms with Gasteiger partial charge in [0.05, 0.1) is 17.2 Å². The van der Waals surface area contributed by atoms with Crippen molar-refractivity contribution in [2.24, 2.45) is 5.41 Å². The number of rotatable bonds is 1. The number of Topliss-reactive ketones (excluding diaryl/α,β-unsaturated/α-hetero) is 1. The largest absolute Gasteiger partial charge is 0.492 e. The van der Waals surface area contributed by atoms with E-state index in [1.54, 1.807) is 24.3 Å². The molecule has 162 valence electrons. The Morgan fingerprint density at radius 1 is 1.03 bits per heavy atom. The average Bonchev–Trinajstić information content (AvgIpc) is 3.30. The summed E-state index contributed by atoms with van der Waals surface area (Å²) in [6.45, 7) is 0.574. The number of hydrogen-bond acceptors (Lipinski definition) is 5. The van der Waals surface area contributed by atoms with Crippen LogP contribution in [-0.2, 0) is 10.3 Å². The number of likely N-dealkylation sites (N-methyl/N-ethyl adjacent to an activating group) is 1. The Bertz CT molecular complexity index is 1360. The first-order valence-corrected chi connectivity index (χ1v) is 10.9. The highest BCUT2D eigenvalue weighted by molar-refractivity contribution is 6.15. The van der Waals surface area contributed by atoms with Gasteiger partial charge in [-0.15, -0.1) is 0 Å². The van der Waals surface area contributed by atoms with Crippen molar-refractivity contribution >= 4 is 17.4 Å². The average molecular weight is 435 g/mol. The lowest BCUT2D eigenvalue weighted by Crippen LogP contribution is -2.62. The number of ketones is 1. The molecule has 0 saturated carbocycles. The lowest BCUT2D eigenvalue weighted by atomic mass is 9.57. The number of para-hydroxylation sites is 2. The summed E-state index contributed by atoms with van der Waals surface area (Å²) in [5.41, 5.74) is 1.08. The summed E-state index contributed by atoms with van der Waals surface area (Å²) >= 11 is 0. The number of anilines is 1. The van der Waals surface area contributed by atoms with Crippen LogP contribution in [0.15, 0.2) is 72.8 Å². The molecule has 3 aromatic rings. The molecule has 1 saturated heterocycles. The van der Waals surface area contributed by atoms with Crippen molar-refractivity contribution in [2.45, 2.75) is 11.5 Å². The monoisotopic (exact) mass is 435 g/mol. The third-order valence-corrected chi connectivity index (χ3v) is 7.60. The fourth-order valence-corrected chi connectivity index (χ4v) is 6.21. The maximum Gasteiger partial charge on any atom is 0.250 e. The van der Waals surface area contributed by atoms with Gasteiger partial charge in [-0.25, -0.2) is 0 Å². The number of hydrogen-bond donors (Lipinski definition) is 1. The summed E-state index contributed by atoms with van der Waals surface area (Å²) in [6, 6.07) is 24.3. The molecule has 0 radical (unpaired) electrons. The molecule has 3 aromatic carbocycles. The van der Waals surface area contributed by atoms with Gasteiger partial charge in [-0.1, -0.05) is 42.5 Å². The quantitative estimate of drug-likeness (QED) is 0.630. The molecule has 3 aliphatic heterocycles. The van der Waals surface area contributed by atoms with E-state index >= 15 is 0 Å². The minimum atomic E-state index is -1.22. The van der Waals surface area contributed by atoms with E-state index in [4.69, 9.17) is 4.74 Å². The van der Waals surface area contributed by atoms with Gasteiger partial charge < -0.3 is 10.1 Å². The third kappa shape index (κ3) is 2.30. The van der Waals surface area contributed by atoms with Gasteiger partial charge in [0, 0.05) is 23.7 Å². The van der Waals surface area contributed by atoms with Crippen LogP contribution in [0.4, 0.5) is 5.69 Å². The second-order valence-corrected chi connectivity index (χ2v) is 8.96. The number of carbonyl (C=O) groups is 2. The predicted octanol–water partition coefficient (Wildman–Crippen LogP) is 3.70. The molecule has 3 aliphatic rings. The molecule has 3 atom stereocenters. The normalized spacial score (nSPS) is 27.7. The van der Waals surface area contributed by atoms with Crippen molar-refractivity contribution in [3.8, 4) is 11.8 Å². The molecule has 3 heterocycles. The minimum absolute atomic E-state index is 0.0829. The molecule has 0 bridgehead atoms. The molecule has 1 amide bonds. The van der Waals surface area contributed by atoms with Gasteiger partial charge in [-0.2, -0.15) is 5.26 Å². The van der Waals surface area contributed by atoms with Crippen LogP contribution >= 0.6 is 0 Å². The van der Waals surface area contributed by atoms with E-state index in [2.05, 4.69) is 11.4 Å². The van der Waals surface area contributed by atoms with Crippen molar-refractivity contribution in [3.63, 3.8) is 0 Å². The highest BCUT2D eigenvalue weighted by atomic mass is 16.5. The number of fused-ring (bicyclic) bond motifs is 4. The molecular weight excluding hydrogens is 414 g/mol. The van der Waals surface area contributed by atoms with Crippen molar-refractivity contribution in [1.29, 1.82) is 5.26 Å². The van der Waals surface area contributed by atoms with Crippen molar-refractivity contribution < 1.29 is 14.3 Å². The number of amides is 1. The van der Waals surface area contributed by atoms with Crippen LogP contribution in [0.2, 0.25) is 0 Å². The second-order valence-electron chi connectivity index (χ2n) is 8.96. The van der Waals surface area contributed by atoms with Crippen LogP contribution in [0.3, 0.4) is 0 Å². The van der Waals surface area contributed by atoms with Gasteiger partial charge in [-0.3, -0.25) is 14.5 Å². The molecule has 0 unspecified atom stereocenters. The van der Waals surface area contributed by atoms with E-state index in [1.807, 2.05) is 60.5 Å². The van der Waals surface area contributed by atoms with Crippen LogP contribution in [0, 0.1) is 16.7 Å². The Hall–Kier alpha value is -3.95. The van der Waals surface area contributed by atoms with Gasteiger partial charge >= 0.3 is 0 Å². The number of likely N-dealkylation sites (tertiary alicyclic amines) is 1. The van der Waals surface area contributed by atoms with Gasteiger partial charge in [-0.05, 0) is 42.9 Å². The van der Waals surface area contributed by atoms with E-state index < -0.39 is 11.0 Å². The molecule has 0 aromatic heterocycles. The van der Waals surface area contributed by atoms with E-state index in [9.17, 15) is 14.9 Å². The number of nitrogens with zero attached hydrogens (tertiary/aromatic N) is 2. The summed E-state index contributed by atoms with van der Waals surface area (Å²) in [7, 11) is 1.90. The van der Waals surface area contributed by atoms with E-state index in [1.165, 1.54) is 0 Å². The van der Waals surface area contributed by atoms with E-state index in [-0.39, 0.29) is 24.2 Å². The number of carbonyl (C=O) groups excluding carboxylic acids is 2. The SMILES string of the molecule is CN1C[C@H](c2ccc(C#N)cc2)[C@]2(COc3ccccc3C2=O)[C@]12C(=O)Nc1ccccc12. The van der Waals surface area contributed by atoms with Gasteiger partial charge in [0.1, 0.15) is 23.3 Å². The fraction of sp³-hybridized carbons (Fsp3) is 0.222. The van der Waals surface area contributed by atoms with Crippen molar-refractivity contribution in [3.05, 3.63) is 95.1 Å². The number of nitriles is 1. The van der Waals surface area contributed by atoms with Crippen LogP contribution in [0.5, 0.6) is 5.75 Å². The van der Waals surface area contributed by atoms with Gasteiger partial charge in [0.25, 0.3) is 5.91 Å². The zero-order valence-electron chi connectivity index (χ0n) is 18.0. The van der Waals surface area contributed by atoms with Crippen LogP contribution in [-0.4, -0.2) is 36.8 Å². The molecule has 6 nitrogen and oxygen atoms in total. The minimum Gasteiger partial charge on any atom is -0.492 e. The number of benzene rings is 3. The fourth-order valence-electron chi connectivity index (χ4n) is 6.21. The maximum atomic E-state index is 14.5. The van der Waals surface area contributed by atoms with E-state index in [0.29, 0.717) is 23.4 Å². The lowest BCUT2D eigenvalue weighted by Gasteiger charge is -2.47. The Kier molecular flexibility index (Phi) is 4.05. The Morgan fingerprint density at radius 2 is 1.76 bits per heavy atom. The molecule has 0 aliphatic carbocycles. The van der Waals surface area contributed by atoms with Gasteiger partial charge in [0.2, 0.25) is 0 Å². The molecule has 2 spiro atoms. The summed E-state index contributed by atoms with van der Waals surface area (Å²) < 4.78 is 6.25. The highest BCUT2D eigenvalue weighted by Gasteiger charge is 2.75. The Balaban J connectivity index is 1.65. The first kappa shape index (κ1) is 19.7. The molecule has 6 rings (SSSR count). The van der Waals surface area contributed by atoms with Crippen LogP contribution < -0.4 is 10.1 Å². The third-order valence-electron chi connectivity index (χ3n) is 7.60. The summed E-state index contributed by atoms with van der Waals surface area (Å²) in [5.74, 6) is -0.0651. The predicted molar refractivity (Wildman–Crippen MR) is 122 cm³/mol. The first-order valence-electron chi connectivity index (χ1n) is 10.9. The van der Waals surface area contributed by atoms with Crippen molar-refractivity contribution in [1.82, 2.24) is 4.90 Å². The molecule has 1 fully saturated rings. The highest BCUT2D eigenvalue weighted by Crippen LogP contribution is 2.64. The molecule has 33 heavy (non-hydrogen) atoms. The number of ether oxygens (including phenoxy) is 1. The standard InChI is InChI=1S/C27H21N3O3/c1-30-15-21(18-12-10-17(14-28)11-13-18)26(16-33-23-9-5-2-6-19(23)24(26)31)27(30)20-7-3-4-8-22(20)29-25(27)32/h2-13,21H,15-16H2,1H3,(H,29,32)/t21-,26+,27+/m1/s1. The molecular formula is C27H21N3O3. The van der Waals surface area contributed by atoms with Crippen LogP contribution in [0.1, 0.15) is 33.0 Å². The summed E-state index contributed by atoms with van der Waals surface area (Å²) in [6.07, 6.45) is 0. The Labute approximate surface area is 191 Å². The van der Waals surface area contributed by atoms with Gasteiger partial charge in [0.15, 0.2) is 5.78 Å². The lowest BCUT2D eigenvalue weighted by molar-refractivity contribution is -0.131. The van der Waals surface area contributed by atoms with Crippen molar-refractivity contribution in [2.75, 3.05) is 25.5 Å². The Morgan fingerprint density at radius 3 is 2.55 bits per heavy atom. The second kappa shape index (κ2) is 6.77. The maximum absolute atomic E-state index is 14.5.